The van der Waals surface area contributed by atoms with Crippen molar-refractivity contribution < 1.29 is 4.79 Å². The highest BCUT2D eigenvalue weighted by atomic mass is 32.1. The summed E-state index contributed by atoms with van der Waals surface area (Å²) in [5.41, 5.74) is 0.748. The number of fused-ring (bicyclic) bond motifs is 1. The van der Waals surface area contributed by atoms with Crippen molar-refractivity contribution in [3.63, 3.8) is 0 Å². The molecule has 2 aliphatic rings. The molecule has 1 saturated carbocycles. The van der Waals surface area contributed by atoms with Crippen LogP contribution in [0.4, 0.5) is 5.82 Å². The fourth-order valence-electron chi connectivity index (χ4n) is 3.82. The minimum atomic E-state index is 0.125. The van der Waals surface area contributed by atoms with Crippen molar-refractivity contribution in [2.45, 2.75) is 38.3 Å². The van der Waals surface area contributed by atoms with E-state index in [2.05, 4.69) is 42.6 Å². The van der Waals surface area contributed by atoms with Gasteiger partial charge in [-0.25, -0.2) is 0 Å². The topological polar surface area (TPSA) is 66.6 Å². The van der Waals surface area contributed by atoms with Crippen molar-refractivity contribution in [3.8, 4) is 0 Å². The van der Waals surface area contributed by atoms with Gasteiger partial charge in [0.2, 0.25) is 5.91 Å². The number of anilines is 1. The Hall–Kier alpha value is -2.48. The molecule has 1 saturated heterocycles. The van der Waals surface area contributed by atoms with Gasteiger partial charge in [-0.3, -0.25) is 4.79 Å². The smallest absolute Gasteiger partial charge is 0.226 e. The maximum absolute atomic E-state index is 13.2. The van der Waals surface area contributed by atoms with Crippen LogP contribution in [0.1, 0.15) is 30.6 Å². The molecule has 0 spiro atoms. The largest absolute Gasteiger partial charge is 0.355 e. The van der Waals surface area contributed by atoms with Gasteiger partial charge in [-0.15, -0.1) is 26.6 Å². The molecule has 27 heavy (non-hydrogen) atoms. The first-order valence-electron chi connectivity index (χ1n) is 9.53. The summed E-state index contributed by atoms with van der Waals surface area (Å²) in [6.45, 7) is 2.48. The van der Waals surface area contributed by atoms with Gasteiger partial charge in [0.1, 0.15) is 12.1 Å². The number of nitrogens with zero attached hydrogens (tertiary/aromatic N) is 6. The first-order chi connectivity index (χ1) is 13.3. The molecule has 2 fully saturated rings. The van der Waals surface area contributed by atoms with Crippen molar-refractivity contribution in [1.29, 1.82) is 0 Å². The second-order valence-electron chi connectivity index (χ2n) is 7.36. The Bertz CT molecular complexity index is 927. The molecule has 5 rings (SSSR count). The van der Waals surface area contributed by atoms with Crippen molar-refractivity contribution in [2.75, 3.05) is 18.0 Å². The standard InChI is InChI=1S/C19H22N6OS/c26-19(24(15-3-4-15)12-16-2-1-11-27-16)14-7-9-23(10-8-14)18-6-5-17-21-20-13-25(17)22-18/h1-2,5-6,11,13-15H,3-4,7-10,12H2. The summed E-state index contributed by atoms with van der Waals surface area (Å²) in [6.07, 6.45) is 5.69. The van der Waals surface area contributed by atoms with Crippen LogP contribution < -0.4 is 4.90 Å². The Labute approximate surface area is 161 Å². The molecule has 140 valence electrons. The molecule has 0 aromatic carbocycles. The lowest BCUT2D eigenvalue weighted by Crippen LogP contribution is -2.43. The molecule has 3 aromatic heterocycles. The highest BCUT2D eigenvalue weighted by Gasteiger charge is 2.37. The van der Waals surface area contributed by atoms with Crippen LogP contribution in [-0.4, -0.2) is 49.7 Å². The molecule has 7 nitrogen and oxygen atoms in total. The number of amides is 1. The lowest BCUT2D eigenvalue weighted by molar-refractivity contribution is -0.137. The van der Waals surface area contributed by atoms with E-state index in [1.807, 2.05) is 12.1 Å². The quantitative estimate of drug-likeness (QED) is 0.679. The highest BCUT2D eigenvalue weighted by molar-refractivity contribution is 7.09. The molecular formula is C19H22N6OS. The van der Waals surface area contributed by atoms with Gasteiger partial charge in [-0.05, 0) is 49.3 Å². The number of carbonyl (C=O) groups is 1. The van der Waals surface area contributed by atoms with E-state index in [4.69, 9.17) is 0 Å². The minimum absolute atomic E-state index is 0.125. The van der Waals surface area contributed by atoms with Gasteiger partial charge in [0, 0.05) is 29.9 Å². The Morgan fingerprint density at radius 1 is 1.19 bits per heavy atom. The highest BCUT2D eigenvalue weighted by Crippen LogP contribution is 2.33. The van der Waals surface area contributed by atoms with Gasteiger partial charge in [0.15, 0.2) is 5.65 Å². The van der Waals surface area contributed by atoms with Crippen LogP contribution in [0, 0.1) is 5.92 Å². The monoisotopic (exact) mass is 382 g/mol. The van der Waals surface area contributed by atoms with Gasteiger partial charge in [-0.2, -0.15) is 4.52 Å². The Morgan fingerprint density at radius 3 is 2.78 bits per heavy atom. The second kappa shape index (κ2) is 6.92. The van der Waals surface area contributed by atoms with E-state index in [0.717, 1.165) is 56.8 Å². The zero-order valence-corrected chi connectivity index (χ0v) is 15.9. The summed E-state index contributed by atoms with van der Waals surface area (Å²) >= 11 is 1.74. The minimum Gasteiger partial charge on any atom is -0.355 e. The maximum Gasteiger partial charge on any atom is 0.226 e. The van der Waals surface area contributed by atoms with Gasteiger partial charge >= 0.3 is 0 Å². The van der Waals surface area contributed by atoms with E-state index in [1.54, 1.807) is 22.2 Å². The number of thiophene rings is 1. The molecule has 3 aromatic rings. The predicted octanol–water partition coefficient (Wildman–Crippen LogP) is 2.59. The zero-order valence-electron chi connectivity index (χ0n) is 15.1. The second-order valence-corrected chi connectivity index (χ2v) is 8.40. The number of hydrogen-bond acceptors (Lipinski definition) is 6. The summed E-state index contributed by atoms with van der Waals surface area (Å²) in [5, 5.41) is 14.5. The average Bonchev–Trinajstić information content (AvgIpc) is 3.21. The van der Waals surface area contributed by atoms with Crippen LogP contribution in [0.3, 0.4) is 0 Å². The number of hydrogen-bond donors (Lipinski definition) is 0. The van der Waals surface area contributed by atoms with E-state index < -0.39 is 0 Å². The van der Waals surface area contributed by atoms with Crippen LogP contribution >= 0.6 is 11.3 Å². The van der Waals surface area contributed by atoms with E-state index in [9.17, 15) is 4.79 Å². The van der Waals surface area contributed by atoms with Crippen molar-refractivity contribution in [3.05, 3.63) is 40.8 Å². The fourth-order valence-corrected chi connectivity index (χ4v) is 4.52. The number of rotatable bonds is 5. The fraction of sp³-hybridized carbons (Fsp3) is 0.474. The van der Waals surface area contributed by atoms with E-state index >= 15 is 0 Å². The Kier molecular flexibility index (Phi) is 4.27. The van der Waals surface area contributed by atoms with Crippen molar-refractivity contribution in [1.82, 2.24) is 24.7 Å². The van der Waals surface area contributed by atoms with Crippen molar-refractivity contribution >= 4 is 28.7 Å². The number of piperidine rings is 1. The van der Waals surface area contributed by atoms with Crippen LogP contribution in [0.25, 0.3) is 5.65 Å². The molecule has 0 unspecified atom stereocenters. The predicted molar refractivity (Wildman–Crippen MR) is 104 cm³/mol. The van der Waals surface area contributed by atoms with Crippen LogP contribution in [0.2, 0.25) is 0 Å². The lowest BCUT2D eigenvalue weighted by atomic mass is 9.95. The first kappa shape index (κ1) is 16.7. The number of aromatic nitrogens is 4. The zero-order chi connectivity index (χ0) is 18.2. The molecule has 0 bridgehead atoms. The molecule has 1 aliphatic carbocycles. The maximum atomic E-state index is 13.2. The SMILES string of the molecule is O=C(C1CCN(c2ccc3nncn3n2)CC1)N(Cc1cccs1)C1CC1. The third-order valence-corrected chi connectivity index (χ3v) is 6.35. The van der Waals surface area contributed by atoms with Crippen molar-refractivity contribution in [2.24, 2.45) is 5.92 Å². The third kappa shape index (κ3) is 3.41. The summed E-state index contributed by atoms with van der Waals surface area (Å²) < 4.78 is 1.70. The lowest BCUT2D eigenvalue weighted by Gasteiger charge is -2.34. The van der Waals surface area contributed by atoms with Gasteiger partial charge in [0.05, 0.1) is 6.54 Å². The van der Waals surface area contributed by atoms with E-state index in [0.29, 0.717) is 11.9 Å². The number of carbonyl (C=O) groups excluding carboxylic acids is 1. The molecular weight excluding hydrogens is 360 g/mol. The van der Waals surface area contributed by atoms with E-state index in [1.165, 1.54) is 4.88 Å². The Morgan fingerprint density at radius 2 is 2.04 bits per heavy atom. The van der Waals surface area contributed by atoms with Gasteiger partial charge in [-0.1, -0.05) is 6.07 Å². The van der Waals surface area contributed by atoms with Gasteiger partial charge in [0.25, 0.3) is 0 Å². The van der Waals surface area contributed by atoms with E-state index in [-0.39, 0.29) is 5.92 Å². The molecule has 0 N–H and O–H groups in total. The molecule has 1 aliphatic heterocycles. The van der Waals surface area contributed by atoms with Crippen LogP contribution in [-0.2, 0) is 11.3 Å². The average molecular weight is 382 g/mol. The third-order valence-electron chi connectivity index (χ3n) is 5.49. The molecule has 4 heterocycles. The molecule has 0 radical (unpaired) electrons. The molecule has 0 atom stereocenters. The summed E-state index contributed by atoms with van der Waals surface area (Å²) in [7, 11) is 0. The summed E-state index contributed by atoms with van der Waals surface area (Å²) in [5.74, 6) is 1.39. The Balaban J connectivity index is 1.24. The van der Waals surface area contributed by atoms with Crippen LogP contribution in [0.15, 0.2) is 36.0 Å². The molecule has 8 heteroatoms. The summed E-state index contributed by atoms with van der Waals surface area (Å²) in [6, 6.07) is 8.56. The van der Waals surface area contributed by atoms with Gasteiger partial charge < -0.3 is 9.80 Å². The molecule has 1 amide bonds. The van der Waals surface area contributed by atoms with Crippen LogP contribution in [0.5, 0.6) is 0 Å². The summed E-state index contributed by atoms with van der Waals surface area (Å²) in [4.78, 5) is 18.8. The first-order valence-corrected chi connectivity index (χ1v) is 10.4. The normalized spacial score (nSPS) is 18.1.